The number of sulfone groups is 1. The lowest BCUT2D eigenvalue weighted by Gasteiger charge is -2.36. The van der Waals surface area contributed by atoms with Gasteiger partial charge in [-0.1, -0.05) is 11.6 Å². The van der Waals surface area contributed by atoms with Crippen molar-refractivity contribution in [3.8, 4) is 0 Å². The molecule has 2 aliphatic heterocycles. The van der Waals surface area contributed by atoms with Crippen LogP contribution in [0.25, 0.3) is 0 Å². The van der Waals surface area contributed by atoms with Gasteiger partial charge in [0.2, 0.25) is 11.8 Å². The van der Waals surface area contributed by atoms with Crippen molar-refractivity contribution in [1.82, 2.24) is 20.4 Å². The van der Waals surface area contributed by atoms with E-state index in [4.69, 9.17) is 11.6 Å². The van der Waals surface area contributed by atoms with Crippen LogP contribution in [0.4, 0.5) is 32.0 Å². The van der Waals surface area contributed by atoms with Crippen molar-refractivity contribution < 1.29 is 44.3 Å². The van der Waals surface area contributed by atoms with Gasteiger partial charge in [-0.15, -0.1) is 0 Å². The number of alkyl halides is 6. The molecule has 17 heteroatoms. The summed E-state index contributed by atoms with van der Waals surface area (Å²) >= 11 is 6.40. The van der Waals surface area contributed by atoms with E-state index >= 15 is 0 Å². The summed E-state index contributed by atoms with van der Waals surface area (Å²) in [5.74, 6) is -2.04. The minimum atomic E-state index is -4.85. The van der Waals surface area contributed by atoms with Crippen molar-refractivity contribution in [2.24, 2.45) is 5.41 Å². The molecule has 0 aromatic heterocycles. The van der Waals surface area contributed by atoms with Crippen molar-refractivity contribution in [3.05, 3.63) is 23.2 Å². The average molecular weight is 660 g/mol. The van der Waals surface area contributed by atoms with Gasteiger partial charge in [-0.3, -0.25) is 19.8 Å². The lowest BCUT2D eigenvalue weighted by Crippen LogP contribution is -2.55. The van der Waals surface area contributed by atoms with Crippen molar-refractivity contribution in [1.29, 1.82) is 0 Å². The molecule has 43 heavy (non-hydrogen) atoms. The highest BCUT2D eigenvalue weighted by Gasteiger charge is 2.70. The van der Waals surface area contributed by atoms with Crippen LogP contribution in [-0.4, -0.2) is 106 Å². The van der Waals surface area contributed by atoms with Gasteiger partial charge in [-0.25, -0.2) is 8.42 Å². The fraction of sp³-hybridized carbons (Fsp3) is 0.692. The zero-order valence-electron chi connectivity index (χ0n) is 23.2. The Kier molecular flexibility index (Phi) is 8.17. The molecule has 0 bridgehead atoms. The van der Waals surface area contributed by atoms with E-state index in [1.165, 1.54) is 23.1 Å². The number of hydrogen-bond acceptors (Lipinski definition) is 7. The summed E-state index contributed by atoms with van der Waals surface area (Å²) in [5.41, 5.74) is -2.88. The third-order valence-corrected chi connectivity index (χ3v) is 11.5. The zero-order chi connectivity index (χ0) is 31.6. The van der Waals surface area contributed by atoms with Gasteiger partial charge < -0.3 is 15.1 Å². The molecule has 2 N–H and O–H groups in total. The van der Waals surface area contributed by atoms with Crippen molar-refractivity contribution in [2.45, 2.75) is 66.3 Å². The van der Waals surface area contributed by atoms with Crippen LogP contribution in [0.3, 0.4) is 0 Å². The molecule has 9 nitrogen and oxygen atoms in total. The van der Waals surface area contributed by atoms with E-state index in [-0.39, 0.29) is 36.1 Å². The highest BCUT2D eigenvalue weighted by molar-refractivity contribution is 7.92. The zero-order valence-corrected chi connectivity index (χ0v) is 24.8. The Hall–Kier alpha value is -2.30. The second-order valence-electron chi connectivity index (χ2n) is 11.8. The van der Waals surface area contributed by atoms with Crippen LogP contribution >= 0.6 is 11.6 Å². The Morgan fingerprint density at radius 1 is 1.02 bits per heavy atom. The second-order valence-corrected chi connectivity index (χ2v) is 14.4. The quantitative estimate of drug-likeness (QED) is 0.327. The largest absolute Gasteiger partial charge is 0.403 e. The third-order valence-electron chi connectivity index (χ3n) is 8.92. The average Bonchev–Trinajstić information content (AvgIpc) is 3.83. The number of halogens is 7. The lowest BCUT2D eigenvalue weighted by molar-refractivity contribution is -0.199. The number of carbonyl (C=O) groups excluding carboxylic acids is 2. The maximum Gasteiger partial charge on any atom is 0.403 e. The number of nitrogens with zero attached hydrogens (tertiary/aromatic N) is 3. The Morgan fingerprint density at radius 2 is 1.65 bits per heavy atom. The first-order valence-electron chi connectivity index (χ1n) is 13.9. The molecule has 0 spiro atoms. The molecule has 2 atom stereocenters. The van der Waals surface area contributed by atoms with Gasteiger partial charge >= 0.3 is 12.4 Å². The molecule has 2 unspecified atom stereocenters. The number of piperazine rings is 1. The normalized spacial score (nSPS) is 25.5. The highest BCUT2D eigenvalue weighted by atomic mass is 35.5. The number of anilines is 1. The fourth-order valence-electron chi connectivity index (χ4n) is 5.91. The number of rotatable bonds is 8. The molecule has 2 saturated heterocycles. The number of likely N-dealkylation sites (tertiary alicyclic amines) is 1. The standard InChI is InChI=1S/C26H32ClF6N5O4S/c1-34-24(6-7-24)35-21(39)19-13-17(14-38(19)22(40)23(4-5-23)26(31,32)33)43(41,42)20-3-2-16(12-18(20)27)37-10-8-36(9-11-37)15-25(28,29)30/h2-3,12,17,19,34H,4-11,13-15H2,1H3,(H,35,39). The van der Waals surface area contributed by atoms with Crippen molar-refractivity contribution in [2.75, 3.05) is 51.2 Å². The van der Waals surface area contributed by atoms with E-state index in [9.17, 15) is 44.3 Å². The summed E-state index contributed by atoms with van der Waals surface area (Å²) in [6.45, 7) is -0.850. The number of carbonyl (C=O) groups is 2. The molecule has 240 valence electrons. The first-order valence-corrected chi connectivity index (χ1v) is 15.8. The summed E-state index contributed by atoms with van der Waals surface area (Å²) in [7, 11) is -2.72. The topological polar surface area (TPSA) is 102 Å². The maximum atomic E-state index is 13.8. The third kappa shape index (κ3) is 6.29. The van der Waals surface area contributed by atoms with Gasteiger partial charge in [0.15, 0.2) is 9.84 Å². The molecular formula is C26H32ClF6N5O4S. The first kappa shape index (κ1) is 32.1. The minimum Gasteiger partial charge on any atom is -0.369 e. The SMILES string of the molecule is CNC1(NC(=O)C2CC(S(=O)(=O)c3ccc(N4CCN(CC(F)(F)F)CC4)cc3Cl)CN2C(=O)C2(C(F)(F)F)CC2)CC1. The predicted octanol–water partition coefficient (Wildman–Crippen LogP) is 2.94. The summed E-state index contributed by atoms with van der Waals surface area (Å²) in [6, 6.07) is 2.66. The molecule has 4 aliphatic rings. The van der Waals surface area contributed by atoms with E-state index in [0.717, 1.165) is 4.90 Å². The van der Waals surface area contributed by atoms with Crippen LogP contribution < -0.4 is 15.5 Å². The number of amides is 2. The Morgan fingerprint density at radius 3 is 2.14 bits per heavy atom. The Balaban J connectivity index is 1.35. The Labute approximate surface area is 249 Å². The highest BCUT2D eigenvalue weighted by Crippen LogP contribution is 2.59. The van der Waals surface area contributed by atoms with Gasteiger partial charge in [0.05, 0.1) is 27.4 Å². The van der Waals surface area contributed by atoms with E-state index in [0.29, 0.717) is 18.5 Å². The molecule has 2 heterocycles. The first-order chi connectivity index (χ1) is 19.9. The fourth-order valence-corrected chi connectivity index (χ4v) is 8.15. The van der Waals surface area contributed by atoms with Crippen LogP contribution in [0.2, 0.25) is 5.02 Å². The van der Waals surface area contributed by atoms with E-state index < -0.39 is 88.7 Å². The van der Waals surface area contributed by atoms with Crippen molar-refractivity contribution >= 4 is 38.9 Å². The van der Waals surface area contributed by atoms with Gasteiger partial charge in [0.25, 0.3) is 0 Å². The van der Waals surface area contributed by atoms with Crippen LogP contribution in [0.1, 0.15) is 32.1 Å². The van der Waals surface area contributed by atoms with Crippen LogP contribution in [0.15, 0.2) is 23.1 Å². The second kappa shape index (κ2) is 10.9. The molecule has 1 aromatic rings. The molecule has 1 aromatic carbocycles. The van der Waals surface area contributed by atoms with Gasteiger partial charge in [0.1, 0.15) is 11.5 Å². The molecule has 2 amide bonds. The molecule has 2 saturated carbocycles. The van der Waals surface area contributed by atoms with Crippen LogP contribution in [0.5, 0.6) is 0 Å². The Bertz CT molecular complexity index is 1370. The summed E-state index contributed by atoms with van der Waals surface area (Å²) in [4.78, 5) is 30.0. The van der Waals surface area contributed by atoms with E-state index in [2.05, 4.69) is 10.6 Å². The molecule has 0 radical (unpaired) electrons. The molecule has 4 fully saturated rings. The molecule has 5 rings (SSSR count). The summed E-state index contributed by atoms with van der Waals surface area (Å²) in [6.07, 6.45) is -9.30. The van der Waals surface area contributed by atoms with E-state index in [1.807, 2.05) is 0 Å². The van der Waals surface area contributed by atoms with Gasteiger partial charge in [-0.2, -0.15) is 26.3 Å². The number of benzene rings is 1. The number of hydrogen-bond donors (Lipinski definition) is 2. The number of nitrogens with one attached hydrogen (secondary N) is 2. The summed E-state index contributed by atoms with van der Waals surface area (Å²) in [5, 5.41) is 4.08. The lowest BCUT2D eigenvalue weighted by atomic mass is 10.0. The molecule has 2 aliphatic carbocycles. The summed E-state index contributed by atoms with van der Waals surface area (Å²) < 4.78 is 107. The smallest absolute Gasteiger partial charge is 0.369 e. The van der Waals surface area contributed by atoms with E-state index in [1.54, 1.807) is 11.9 Å². The van der Waals surface area contributed by atoms with Crippen LogP contribution in [-0.2, 0) is 19.4 Å². The minimum absolute atomic E-state index is 0.140. The van der Waals surface area contributed by atoms with Crippen LogP contribution in [0, 0.1) is 5.41 Å². The monoisotopic (exact) mass is 659 g/mol. The van der Waals surface area contributed by atoms with Gasteiger partial charge in [0, 0.05) is 38.4 Å². The van der Waals surface area contributed by atoms with Crippen molar-refractivity contribution in [3.63, 3.8) is 0 Å². The predicted molar refractivity (Wildman–Crippen MR) is 144 cm³/mol. The maximum absolute atomic E-state index is 13.8. The molecular weight excluding hydrogens is 628 g/mol. The van der Waals surface area contributed by atoms with Gasteiger partial charge in [-0.05, 0) is 57.4 Å².